The van der Waals surface area contributed by atoms with Gasteiger partial charge in [-0.2, -0.15) is 10.1 Å². The van der Waals surface area contributed by atoms with Gasteiger partial charge in [-0.1, -0.05) is 102 Å². The van der Waals surface area contributed by atoms with E-state index in [-0.39, 0.29) is 11.7 Å². The number of hydrazone groups is 1. The van der Waals surface area contributed by atoms with Crippen LogP contribution in [-0.2, 0) is 9.59 Å². The summed E-state index contributed by atoms with van der Waals surface area (Å²) in [6.45, 7) is 4.05. The predicted octanol–water partition coefficient (Wildman–Crippen LogP) is 7.08. The molecular formula is C26H40N2O2. The maximum atomic E-state index is 12.7. The predicted molar refractivity (Wildman–Crippen MR) is 126 cm³/mol. The van der Waals surface area contributed by atoms with Crippen molar-refractivity contribution < 1.29 is 9.59 Å². The Hall–Kier alpha value is -1.97. The number of ketones is 1. The van der Waals surface area contributed by atoms with Crippen molar-refractivity contribution in [3.8, 4) is 0 Å². The molecular weight excluding hydrogens is 372 g/mol. The lowest BCUT2D eigenvalue weighted by Crippen LogP contribution is -2.32. The van der Waals surface area contributed by atoms with Gasteiger partial charge in [-0.25, -0.2) is 0 Å². The van der Waals surface area contributed by atoms with Crippen LogP contribution in [-0.4, -0.2) is 17.4 Å². The summed E-state index contributed by atoms with van der Waals surface area (Å²) in [6, 6.07) is 9.33. The second-order valence-electron chi connectivity index (χ2n) is 8.62. The zero-order chi connectivity index (χ0) is 21.6. The first-order valence-corrected chi connectivity index (χ1v) is 12.1. The molecule has 1 aliphatic heterocycles. The lowest BCUT2D eigenvalue weighted by molar-refractivity contribution is -0.129. The normalized spacial score (nSPS) is 16.2. The average Bonchev–Trinajstić information content (AvgIpc) is 3.06. The summed E-state index contributed by atoms with van der Waals surface area (Å²) >= 11 is 0. The summed E-state index contributed by atoms with van der Waals surface area (Å²) in [7, 11) is 0. The van der Waals surface area contributed by atoms with Gasteiger partial charge in [-0.15, -0.1) is 0 Å². The molecule has 1 heterocycles. The third-order valence-corrected chi connectivity index (χ3v) is 5.98. The Labute approximate surface area is 183 Å². The molecule has 1 aromatic rings. The van der Waals surface area contributed by atoms with E-state index >= 15 is 0 Å². The van der Waals surface area contributed by atoms with Crippen LogP contribution in [0.5, 0.6) is 0 Å². The molecule has 1 aromatic carbocycles. The third-order valence-electron chi connectivity index (χ3n) is 5.98. The molecule has 30 heavy (non-hydrogen) atoms. The summed E-state index contributed by atoms with van der Waals surface area (Å²) < 4.78 is 0. The Balaban J connectivity index is 1.53. The molecule has 0 fully saturated rings. The number of benzene rings is 1. The van der Waals surface area contributed by atoms with Crippen molar-refractivity contribution in [3.05, 3.63) is 30.3 Å². The number of anilines is 1. The van der Waals surface area contributed by atoms with E-state index < -0.39 is 5.92 Å². The monoisotopic (exact) mass is 412 g/mol. The van der Waals surface area contributed by atoms with Crippen molar-refractivity contribution in [1.29, 1.82) is 0 Å². The van der Waals surface area contributed by atoms with Gasteiger partial charge in [0.1, 0.15) is 5.92 Å². The van der Waals surface area contributed by atoms with Crippen LogP contribution >= 0.6 is 0 Å². The molecule has 1 amide bonds. The van der Waals surface area contributed by atoms with Crippen molar-refractivity contribution in [2.45, 2.75) is 104 Å². The summed E-state index contributed by atoms with van der Waals surface area (Å²) in [4.78, 5) is 25.3. The molecule has 166 valence electrons. The van der Waals surface area contributed by atoms with Crippen molar-refractivity contribution in [1.82, 2.24) is 0 Å². The van der Waals surface area contributed by atoms with Crippen LogP contribution in [0.3, 0.4) is 0 Å². The molecule has 0 unspecified atom stereocenters. The first-order valence-electron chi connectivity index (χ1n) is 12.1. The minimum absolute atomic E-state index is 0.0164. The fourth-order valence-electron chi connectivity index (χ4n) is 4.15. The van der Waals surface area contributed by atoms with Crippen molar-refractivity contribution in [2.75, 3.05) is 5.01 Å². The van der Waals surface area contributed by atoms with E-state index in [0.717, 1.165) is 18.5 Å². The van der Waals surface area contributed by atoms with Crippen molar-refractivity contribution >= 4 is 23.1 Å². The molecule has 0 aromatic heterocycles. The van der Waals surface area contributed by atoms with Crippen LogP contribution in [0.15, 0.2) is 35.4 Å². The lowest BCUT2D eigenvalue weighted by Gasteiger charge is -2.13. The van der Waals surface area contributed by atoms with Gasteiger partial charge in [-0.3, -0.25) is 9.59 Å². The van der Waals surface area contributed by atoms with E-state index in [9.17, 15) is 9.59 Å². The summed E-state index contributed by atoms with van der Waals surface area (Å²) in [5.74, 6) is -0.885. The van der Waals surface area contributed by atoms with Gasteiger partial charge in [0.15, 0.2) is 5.78 Å². The second kappa shape index (κ2) is 14.1. The fraction of sp³-hybridized carbons (Fsp3) is 0.654. The van der Waals surface area contributed by atoms with E-state index in [1.54, 1.807) is 6.92 Å². The SMILES string of the molecule is CCCCCCCCCCCCCCCC(=O)[C@H]1C(=O)N(c2ccccc2)N=C1C. The Morgan fingerprint density at radius 2 is 1.33 bits per heavy atom. The number of amides is 1. The highest BCUT2D eigenvalue weighted by Crippen LogP contribution is 2.25. The van der Waals surface area contributed by atoms with Crippen molar-refractivity contribution in [3.63, 3.8) is 0 Å². The van der Waals surface area contributed by atoms with Crippen LogP contribution in [0.25, 0.3) is 0 Å². The highest BCUT2D eigenvalue weighted by Gasteiger charge is 2.38. The minimum atomic E-state index is -0.692. The van der Waals surface area contributed by atoms with Gasteiger partial charge in [0.2, 0.25) is 0 Å². The molecule has 0 N–H and O–H groups in total. The van der Waals surface area contributed by atoms with E-state index in [1.807, 2.05) is 30.3 Å². The summed E-state index contributed by atoms with van der Waals surface area (Å²) in [5, 5.41) is 5.71. The lowest BCUT2D eigenvalue weighted by atomic mass is 9.94. The maximum absolute atomic E-state index is 12.7. The number of hydrogen-bond acceptors (Lipinski definition) is 3. The molecule has 4 heteroatoms. The number of carbonyl (C=O) groups is 2. The fourth-order valence-corrected chi connectivity index (χ4v) is 4.15. The second-order valence-corrected chi connectivity index (χ2v) is 8.62. The Kier molecular flexibility index (Phi) is 11.4. The van der Waals surface area contributed by atoms with E-state index in [4.69, 9.17) is 0 Å². The minimum Gasteiger partial charge on any atom is -0.298 e. The van der Waals surface area contributed by atoms with E-state index in [2.05, 4.69) is 12.0 Å². The van der Waals surface area contributed by atoms with Gasteiger partial charge in [0.25, 0.3) is 5.91 Å². The molecule has 0 saturated heterocycles. The molecule has 0 bridgehead atoms. The Morgan fingerprint density at radius 1 is 0.833 bits per heavy atom. The largest absolute Gasteiger partial charge is 0.298 e. The van der Waals surface area contributed by atoms with Crippen LogP contribution < -0.4 is 5.01 Å². The number of carbonyl (C=O) groups excluding carboxylic acids is 2. The maximum Gasteiger partial charge on any atom is 0.263 e. The average molecular weight is 413 g/mol. The number of unbranched alkanes of at least 4 members (excludes halogenated alkanes) is 12. The topological polar surface area (TPSA) is 49.7 Å². The molecule has 4 nitrogen and oxygen atoms in total. The van der Waals surface area contributed by atoms with E-state index in [0.29, 0.717) is 12.1 Å². The number of nitrogens with zero attached hydrogens (tertiary/aromatic N) is 2. The highest BCUT2D eigenvalue weighted by molar-refractivity contribution is 6.26. The van der Waals surface area contributed by atoms with Gasteiger partial charge in [0.05, 0.1) is 11.4 Å². The summed E-state index contributed by atoms with van der Waals surface area (Å²) in [6.07, 6.45) is 17.2. The van der Waals surface area contributed by atoms with Gasteiger partial charge >= 0.3 is 0 Å². The molecule has 0 saturated carbocycles. The summed E-state index contributed by atoms with van der Waals surface area (Å²) in [5.41, 5.74) is 1.33. The van der Waals surface area contributed by atoms with Crippen LogP contribution in [0.2, 0.25) is 0 Å². The molecule has 1 atom stereocenters. The number of hydrogen-bond donors (Lipinski definition) is 0. The van der Waals surface area contributed by atoms with Crippen LogP contribution in [0.4, 0.5) is 5.69 Å². The number of para-hydroxylation sites is 1. The van der Waals surface area contributed by atoms with Crippen molar-refractivity contribution in [2.24, 2.45) is 11.0 Å². The van der Waals surface area contributed by atoms with Crippen LogP contribution in [0, 0.1) is 5.92 Å². The quantitative estimate of drug-likeness (QED) is 0.215. The zero-order valence-electron chi connectivity index (χ0n) is 19.1. The van der Waals surface area contributed by atoms with Crippen LogP contribution in [0.1, 0.15) is 104 Å². The smallest absolute Gasteiger partial charge is 0.263 e. The first kappa shape index (κ1) is 24.3. The number of Topliss-reactive ketones (excluding diaryl/α,β-unsaturated/α-hetero) is 1. The first-order chi connectivity index (χ1) is 14.6. The Morgan fingerprint density at radius 3 is 1.87 bits per heavy atom. The Bertz CT molecular complexity index is 669. The third kappa shape index (κ3) is 8.04. The number of rotatable bonds is 16. The van der Waals surface area contributed by atoms with Gasteiger partial charge in [-0.05, 0) is 25.5 Å². The van der Waals surface area contributed by atoms with Gasteiger partial charge in [0, 0.05) is 6.42 Å². The molecule has 0 radical (unpaired) electrons. The molecule has 2 rings (SSSR count). The zero-order valence-corrected chi connectivity index (χ0v) is 19.1. The molecule has 1 aliphatic rings. The van der Waals surface area contributed by atoms with Gasteiger partial charge < -0.3 is 0 Å². The highest BCUT2D eigenvalue weighted by atomic mass is 16.2. The standard InChI is InChI=1S/C26H40N2O2/c1-3-4-5-6-7-8-9-10-11-12-13-14-18-21-24(29)25-22(2)27-28(26(25)30)23-19-16-15-17-20-23/h15-17,19-20,25H,3-14,18,21H2,1-2H3/t25-/m0/s1. The molecule has 0 aliphatic carbocycles. The van der Waals surface area contributed by atoms with E-state index in [1.165, 1.54) is 75.6 Å². The molecule has 0 spiro atoms.